The van der Waals surface area contributed by atoms with Crippen molar-refractivity contribution in [1.29, 1.82) is 0 Å². The van der Waals surface area contributed by atoms with E-state index in [1.165, 1.54) is 16.7 Å². The van der Waals surface area contributed by atoms with Gasteiger partial charge in [-0.2, -0.15) is 0 Å². The van der Waals surface area contributed by atoms with Gasteiger partial charge in [-0.25, -0.2) is 4.79 Å². The van der Waals surface area contributed by atoms with Crippen LogP contribution in [0.25, 0.3) is 5.57 Å². The Bertz CT molecular complexity index is 797. The van der Waals surface area contributed by atoms with Gasteiger partial charge in [-0.05, 0) is 48.4 Å². The van der Waals surface area contributed by atoms with Gasteiger partial charge in [0, 0.05) is 6.04 Å². The Morgan fingerprint density at radius 1 is 1.08 bits per heavy atom. The molecule has 2 aliphatic heterocycles. The number of amides is 1. The van der Waals surface area contributed by atoms with Crippen molar-refractivity contribution in [2.75, 3.05) is 0 Å². The van der Waals surface area contributed by atoms with Crippen LogP contribution in [0.1, 0.15) is 36.0 Å². The summed E-state index contributed by atoms with van der Waals surface area (Å²) in [6.07, 6.45) is 5.09. The molecule has 0 radical (unpaired) electrons. The second-order valence-corrected chi connectivity index (χ2v) is 6.96. The maximum Gasteiger partial charge on any atom is 0.410 e. The molecular formula is C22H23NO2. The number of ether oxygens (including phenoxy) is 1. The van der Waals surface area contributed by atoms with Gasteiger partial charge in [0.05, 0.1) is 6.04 Å². The van der Waals surface area contributed by atoms with Crippen LogP contribution < -0.4 is 0 Å². The number of hydrogen-bond donors (Lipinski definition) is 0. The molecule has 2 bridgehead atoms. The molecule has 3 nitrogen and oxygen atoms in total. The SMILES string of the molecule is Cc1ccccc1C1=CC2CCC(C1)N2C(=O)OCc1ccccc1. The molecule has 1 fully saturated rings. The zero-order valence-corrected chi connectivity index (χ0v) is 14.5. The third kappa shape index (κ3) is 3.19. The summed E-state index contributed by atoms with van der Waals surface area (Å²) >= 11 is 0. The van der Waals surface area contributed by atoms with E-state index in [4.69, 9.17) is 4.74 Å². The van der Waals surface area contributed by atoms with Crippen molar-refractivity contribution in [2.24, 2.45) is 0 Å². The molecule has 2 unspecified atom stereocenters. The van der Waals surface area contributed by atoms with Gasteiger partial charge < -0.3 is 4.74 Å². The normalized spacial score (nSPS) is 21.8. The van der Waals surface area contributed by atoms with Gasteiger partial charge in [-0.3, -0.25) is 4.90 Å². The molecule has 0 aromatic heterocycles. The molecule has 0 spiro atoms. The molecule has 1 amide bonds. The van der Waals surface area contributed by atoms with Gasteiger partial charge in [0.15, 0.2) is 0 Å². The highest BCUT2D eigenvalue weighted by Gasteiger charge is 2.40. The minimum absolute atomic E-state index is 0.164. The first-order chi connectivity index (χ1) is 12.2. The third-order valence-corrected chi connectivity index (χ3v) is 5.30. The Balaban J connectivity index is 1.48. The van der Waals surface area contributed by atoms with Gasteiger partial charge in [0.1, 0.15) is 6.61 Å². The van der Waals surface area contributed by atoms with E-state index < -0.39 is 0 Å². The smallest absolute Gasteiger partial charge is 0.410 e. The number of aryl methyl sites for hydroxylation is 1. The highest BCUT2D eigenvalue weighted by molar-refractivity contribution is 5.75. The number of rotatable bonds is 3. The Morgan fingerprint density at radius 3 is 2.60 bits per heavy atom. The van der Waals surface area contributed by atoms with E-state index >= 15 is 0 Å². The van der Waals surface area contributed by atoms with Crippen molar-refractivity contribution in [3.05, 3.63) is 77.4 Å². The monoisotopic (exact) mass is 333 g/mol. The summed E-state index contributed by atoms with van der Waals surface area (Å²) in [6.45, 7) is 2.49. The molecule has 2 aliphatic rings. The average molecular weight is 333 g/mol. The zero-order valence-electron chi connectivity index (χ0n) is 14.5. The first-order valence-electron chi connectivity index (χ1n) is 8.98. The van der Waals surface area contributed by atoms with Crippen LogP contribution in [-0.2, 0) is 11.3 Å². The van der Waals surface area contributed by atoms with Crippen molar-refractivity contribution in [3.8, 4) is 0 Å². The van der Waals surface area contributed by atoms with Gasteiger partial charge in [-0.15, -0.1) is 0 Å². The fourth-order valence-electron chi connectivity index (χ4n) is 4.04. The summed E-state index contributed by atoms with van der Waals surface area (Å²) in [5, 5.41) is 0. The number of benzene rings is 2. The summed E-state index contributed by atoms with van der Waals surface area (Å²) in [4.78, 5) is 14.6. The number of fused-ring (bicyclic) bond motifs is 2. The largest absolute Gasteiger partial charge is 0.445 e. The lowest BCUT2D eigenvalue weighted by atomic mass is 9.92. The number of carbonyl (C=O) groups excluding carboxylic acids is 1. The van der Waals surface area contributed by atoms with Crippen LogP contribution >= 0.6 is 0 Å². The molecule has 2 heterocycles. The Kier molecular flexibility index (Phi) is 4.31. The molecule has 128 valence electrons. The fraction of sp³-hybridized carbons (Fsp3) is 0.318. The molecule has 2 aromatic carbocycles. The minimum Gasteiger partial charge on any atom is -0.445 e. The van der Waals surface area contributed by atoms with E-state index in [1.807, 2.05) is 35.2 Å². The van der Waals surface area contributed by atoms with E-state index in [0.717, 1.165) is 24.8 Å². The first kappa shape index (κ1) is 15.9. The van der Waals surface area contributed by atoms with Crippen LogP contribution in [0.2, 0.25) is 0 Å². The Morgan fingerprint density at radius 2 is 1.84 bits per heavy atom. The molecule has 1 saturated heterocycles. The molecule has 0 saturated carbocycles. The second-order valence-electron chi connectivity index (χ2n) is 6.96. The van der Waals surface area contributed by atoms with Gasteiger partial charge in [-0.1, -0.05) is 60.7 Å². The minimum atomic E-state index is -0.184. The molecule has 0 N–H and O–H groups in total. The van der Waals surface area contributed by atoms with E-state index in [-0.39, 0.29) is 18.2 Å². The lowest BCUT2D eigenvalue weighted by molar-refractivity contribution is 0.0832. The van der Waals surface area contributed by atoms with Crippen LogP contribution in [0.4, 0.5) is 4.79 Å². The van der Waals surface area contributed by atoms with Crippen LogP contribution in [-0.4, -0.2) is 23.1 Å². The summed E-state index contributed by atoms with van der Waals surface area (Å²) in [5.41, 5.74) is 5.01. The standard InChI is InChI=1S/C22H23NO2/c1-16-7-5-6-10-21(16)18-13-19-11-12-20(14-18)23(19)22(24)25-15-17-8-3-2-4-9-17/h2-10,13,19-20H,11-12,14-15H2,1H3. The fourth-order valence-corrected chi connectivity index (χ4v) is 4.04. The molecule has 3 heteroatoms. The molecule has 4 rings (SSSR count). The molecular weight excluding hydrogens is 310 g/mol. The highest BCUT2D eigenvalue weighted by Crippen LogP contribution is 2.39. The van der Waals surface area contributed by atoms with Crippen molar-refractivity contribution in [1.82, 2.24) is 4.90 Å². The van der Waals surface area contributed by atoms with E-state index in [0.29, 0.717) is 6.61 Å². The van der Waals surface area contributed by atoms with Crippen LogP contribution in [0.3, 0.4) is 0 Å². The van der Waals surface area contributed by atoms with Crippen molar-refractivity contribution in [2.45, 2.75) is 44.9 Å². The van der Waals surface area contributed by atoms with Gasteiger partial charge in [0.2, 0.25) is 0 Å². The summed E-state index contributed by atoms with van der Waals surface area (Å²) in [5.74, 6) is 0. The quantitative estimate of drug-likeness (QED) is 0.795. The average Bonchev–Trinajstić information content (AvgIpc) is 2.91. The van der Waals surface area contributed by atoms with Crippen LogP contribution in [0.15, 0.2) is 60.7 Å². The number of hydrogen-bond acceptors (Lipinski definition) is 2. The predicted molar refractivity (Wildman–Crippen MR) is 99.0 cm³/mol. The van der Waals surface area contributed by atoms with Crippen LogP contribution in [0.5, 0.6) is 0 Å². The second kappa shape index (κ2) is 6.75. The summed E-state index contributed by atoms with van der Waals surface area (Å²) < 4.78 is 5.57. The molecule has 25 heavy (non-hydrogen) atoms. The Hall–Kier alpha value is -2.55. The third-order valence-electron chi connectivity index (χ3n) is 5.30. The predicted octanol–water partition coefficient (Wildman–Crippen LogP) is 4.95. The number of carbonyl (C=O) groups is 1. The first-order valence-corrected chi connectivity index (χ1v) is 8.98. The summed E-state index contributed by atoms with van der Waals surface area (Å²) in [7, 11) is 0. The lowest BCUT2D eigenvalue weighted by Gasteiger charge is -2.33. The van der Waals surface area contributed by atoms with Crippen molar-refractivity contribution in [3.63, 3.8) is 0 Å². The maximum atomic E-state index is 12.6. The van der Waals surface area contributed by atoms with Gasteiger partial charge in [0.25, 0.3) is 0 Å². The topological polar surface area (TPSA) is 29.5 Å². The molecule has 0 aliphatic carbocycles. The Labute approximate surface area is 148 Å². The highest BCUT2D eigenvalue weighted by atomic mass is 16.6. The lowest BCUT2D eigenvalue weighted by Crippen LogP contribution is -2.43. The van der Waals surface area contributed by atoms with Crippen molar-refractivity contribution >= 4 is 11.7 Å². The van der Waals surface area contributed by atoms with Gasteiger partial charge >= 0.3 is 6.09 Å². The maximum absolute atomic E-state index is 12.6. The van der Waals surface area contributed by atoms with E-state index in [2.05, 4.69) is 37.3 Å². The number of nitrogens with zero attached hydrogens (tertiary/aromatic N) is 1. The van der Waals surface area contributed by atoms with E-state index in [1.54, 1.807) is 0 Å². The van der Waals surface area contributed by atoms with Crippen LogP contribution in [0, 0.1) is 6.92 Å². The van der Waals surface area contributed by atoms with Crippen molar-refractivity contribution < 1.29 is 9.53 Å². The van der Waals surface area contributed by atoms with E-state index in [9.17, 15) is 4.79 Å². The molecule has 2 atom stereocenters. The zero-order chi connectivity index (χ0) is 17.2. The summed E-state index contributed by atoms with van der Waals surface area (Å²) in [6, 6.07) is 18.8. The molecule has 2 aromatic rings.